The van der Waals surface area contributed by atoms with Crippen LogP contribution in [0.1, 0.15) is 25.0 Å². The molecule has 0 unspecified atom stereocenters. The molecule has 1 aliphatic heterocycles. The Morgan fingerprint density at radius 1 is 1.00 bits per heavy atom. The lowest BCUT2D eigenvalue weighted by atomic mass is 10.1. The summed E-state index contributed by atoms with van der Waals surface area (Å²) in [6.07, 6.45) is 1.57. The number of esters is 1. The van der Waals surface area contributed by atoms with Crippen molar-refractivity contribution in [2.75, 3.05) is 13.2 Å². The fourth-order valence-electron chi connectivity index (χ4n) is 2.54. The van der Waals surface area contributed by atoms with Crippen LogP contribution in [0.15, 0.2) is 41.0 Å². The van der Waals surface area contributed by atoms with Crippen LogP contribution in [0.4, 0.5) is 0 Å². The molecule has 1 heterocycles. The predicted octanol–water partition coefficient (Wildman–Crippen LogP) is 5.79. The summed E-state index contributed by atoms with van der Waals surface area (Å²) in [6, 6.07) is 8.26. The number of hydrogen-bond acceptors (Lipinski definition) is 5. The highest BCUT2D eigenvalue weighted by molar-refractivity contribution is 6.42. The minimum absolute atomic E-state index is 0.128. The zero-order chi connectivity index (χ0) is 20.3. The van der Waals surface area contributed by atoms with Gasteiger partial charge < -0.3 is 14.2 Å². The van der Waals surface area contributed by atoms with Crippen molar-refractivity contribution in [1.82, 2.24) is 0 Å². The highest BCUT2D eigenvalue weighted by Crippen LogP contribution is 2.37. The van der Waals surface area contributed by atoms with Gasteiger partial charge in [-0.2, -0.15) is 0 Å². The van der Waals surface area contributed by atoms with Crippen molar-refractivity contribution in [3.63, 3.8) is 0 Å². The molecule has 0 fully saturated rings. The topological polar surface area (TPSA) is 57.1 Å². The molecular formula is C20H16Cl3NO4. The quantitative estimate of drug-likeness (QED) is 0.421. The van der Waals surface area contributed by atoms with Crippen molar-refractivity contribution in [3.8, 4) is 11.5 Å². The third-order valence-electron chi connectivity index (χ3n) is 3.71. The van der Waals surface area contributed by atoms with Gasteiger partial charge in [0.25, 0.3) is 0 Å². The van der Waals surface area contributed by atoms with Crippen LogP contribution in [-0.4, -0.2) is 25.1 Å². The van der Waals surface area contributed by atoms with Crippen molar-refractivity contribution in [2.45, 2.75) is 13.8 Å². The molecule has 0 saturated heterocycles. The van der Waals surface area contributed by atoms with Crippen LogP contribution in [0.2, 0.25) is 15.1 Å². The number of carbonyl (C=O) groups excluding carboxylic acids is 1. The fourth-order valence-corrected chi connectivity index (χ4v) is 3.11. The summed E-state index contributed by atoms with van der Waals surface area (Å²) in [4.78, 5) is 16.5. The first kappa shape index (κ1) is 20.5. The van der Waals surface area contributed by atoms with Gasteiger partial charge in [0, 0.05) is 5.56 Å². The van der Waals surface area contributed by atoms with Crippen molar-refractivity contribution in [1.29, 1.82) is 0 Å². The Bertz CT molecular complexity index is 986. The van der Waals surface area contributed by atoms with Gasteiger partial charge in [-0.3, -0.25) is 0 Å². The van der Waals surface area contributed by atoms with Gasteiger partial charge in [-0.15, -0.1) is 0 Å². The Labute approximate surface area is 177 Å². The summed E-state index contributed by atoms with van der Waals surface area (Å²) >= 11 is 18.2. The third kappa shape index (κ3) is 4.43. The van der Waals surface area contributed by atoms with Crippen molar-refractivity contribution >= 4 is 52.7 Å². The van der Waals surface area contributed by atoms with Gasteiger partial charge in [0.15, 0.2) is 17.2 Å². The lowest BCUT2D eigenvalue weighted by Crippen LogP contribution is -2.05. The third-order valence-corrected chi connectivity index (χ3v) is 4.73. The molecule has 2 aromatic rings. The van der Waals surface area contributed by atoms with Gasteiger partial charge in [0.2, 0.25) is 5.90 Å². The summed E-state index contributed by atoms with van der Waals surface area (Å²) in [5, 5.41) is 1.12. The molecule has 0 N–H and O–H groups in total. The zero-order valence-electron chi connectivity index (χ0n) is 15.1. The maximum atomic E-state index is 12.2. The number of halogens is 3. The van der Waals surface area contributed by atoms with E-state index >= 15 is 0 Å². The fraction of sp³-hybridized carbons (Fsp3) is 0.200. The van der Waals surface area contributed by atoms with Crippen LogP contribution >= 0.6 is 34.8 Å². The smallest absolute Gasteiger partial charge is 0.363 e. The van der Waals surface area contributed by atoms with Crippen LogP contribution < -0.4 is 9.47 Å². The van der Waals surface area contributed by atoms with Crippen LogP contribution in [0.25, 0.3) is 6.08 Å². The minimum Gasteiger partial charge on any atom is -0.490 e. The van der Waals surface area contributed by atoms with E-state index in [9.17, 15) is 4.79 Å². The normalized spacial score (nSPS) is 14.8. The van der Waals surface area contributed by atoms with Crippen LogP contribution in [-0.2, 0) is 9.53 Å². The van der Waals surface area contributed by atoms with E-state index in [1.807, 2.05) is 13.8 Å². The SMILES string of the molecule is CCOc1cc(/C=C2\N=C(c3ccc(Cl)c(Cl)c3)OC2=O)cc(Cl)c1OCC. The molecule has 8 heteroatoms. The minimum atomic E-state index is -0.580. The van der Waals surface area contributed by atoms with Gasteiger partial charge in [0.1, 0.15) is 0 Å². The molecule has 28 heavy (non-hydrogen) atoms. The maximum absolute atomic E-state index is 12.2. The summed E-state index contributed by atoms with van der Waals surface area (Å²) in [7, 11) is 0. The molecule has 2 aromatic carbocycles. The lowest BCUT2D eigenvalue weighted by Gasteiger charge is -2.13. The van der Waals surface area contributed by atoms with Crippen molar-refractivity contribution in [3.05, 3.63) is 62.2 Å². The summed E-state index contributed by atoms with van der Waals surface area (Å²) in [5.41, 5.74) is 1.30. The molecule has 3 rings (SSSR count). The first-order chi connectivity index (χ1) is 13.4. The number of carbonyl (C=O) groups is 1. The van der Waals surface area contributed by atoms with E-state index in [0.717, 1.165) is 0 Å². The second kappa shape index (κ2) is 8.86. The molecule has 0 aliphatic carbocycles. The Hall–Kier alpha value is -2.21. The number of hydrogen-bond donors (Lipinski definition) is 0. The second-order valence-electron chi connectivity index (χ2n) is 5.66. The molecule has 0 amide bonds. The first-order valence-electron chi connectivity index (χ1n) is 8.50. The van der Waals surface area contributed by atoms with Gasteiger partial charge in [-0.05, 0) is 55.8 Å². The van der Waals surface area contributed by atoms with Gasteiger partial charge in [-0.1, -0.05) is 34.8 Å². The maximum Gasteiger partial charge on any atom is 0.363 e. The molecule has 0 aromatic heterocycles. The average molecular weight is 441 g/mol. The van der Waals surface area contributed by atoms with E-state index in [0.29, 0.717) is 50.9 Å². The number of rotatable bonds is 6. The first-order valence-corrected chi connectivity index (χ1v) is 9.63. The number of nitrogens with zero attached hydrogens (tertiary/aromatic N) is 1. The molecular weight excluding hydrogens is 425 g/mol. The predicted molar refractivity (Wildman–Crippen MR) is 111 cm³/mol. The van der Waals surface area contributed by atoms with Crippen LogP contribution in [0.5, 0.6) is 11.5 Å². The zero-order valence-corrected chi connectivity index (χ0v) is 17.4. The van der Waals surface area contributed by atoms with Crippen LogP contribution in [0, 0.1) is 0 Å². The monoisotopic (exact) mass is 439 g/mol. The van der Waals surface area contributed by atoms with Crippen LogP contribution in [0.3, 0.4) is 0 Å². The van der Waals surface area contributed by atoms with E-state index < -0.39 is 5.97 Å². The summed E-state index contributed by atoms with van der Waals surface area (Å²) < 4.78 is 16.4. The number of cyclic esters (lactones) is 1. The molecule has 0 radical (unpaired) electrons. The molecule has 5 nitrogen and oxygen atoms in total. The molecule has 0 atom stereocenters. The van der Waals surface area contributed by atoms with Gasteiger partial charge >= 0.3 is 5.97 Å². The number of benzene rings is 2. The average Bonchev–Trinajstić information content (AvgIpc) is 3.01. The number of aliphatic imine (C=N–C) groups is 1. The van der Waals surface area contributed by atoms with Crippen molar-refractivity contribution in [2.24, 2.45) is 4.99 Å². The molecule has 0 bridgehead atoms. The van der Waals surface area contributed by atoms with E-state index in [-0.39, 0.29) is 11.6 Å². The van der Waals surface area contributed by atoms with E-state index in [1.54, 1.807) is 36.4 Å². The highest BCUT2D eigenvalue weighted by Gasteiger charge is 2.25. The summed E-state index contributed by atoms with van der Waals surface area (Å²) in [6.45, 7) is 4.61. The second-order valence-corrected chi connectivity index (χ2v) is 6.88. The standard InChI is InChI=1S/C20H16Cl3NO4/c1-3-26-17-9-11(7-15(23)18(17)27-4-2)8-16-20(25)28-19(24-16)12-5-6-13(21)14(22)10-12/h5-10H,3-4H2,1-2H3/b16-8-. The lowest BCUT2D eigenvalue weighted by molar-refractivity contribution is -0.129. The largest absolute Gasteiger partial charge is 0.490 e. The molecule has 1 aliphatic rings. The highest BCUT2D eigenvalue weighted by atomic mass is 35.5. The van der Waals surface area contributed by atoms with E-state index in [2.05, 4.69) is 4.99 Å². The molecule has 146 valence electrons. The van der Waals surface area contributed by atoms with Gasteiger partial charge in [-0.25, -0.2) is 9.79 Å². The molecule has 0 saturated carbocycles. The Morgan fingerprint density at radius 2 is 1.75 bits per heavy atom. The van der Waals surface area contributed by atoms with E-state index in [1.165, 1.54) is 0 Å². The Morgan fingerprint density at radius 3 is 2.43 bits per heavy atom. The van der Waals surface area contributed by atoms with Crippen molar-refractivity contribution < 1.29 is 19.0 Å². The van der Waals surface area contributed by atoms with Gasteiger partial charge in [0.05, 0.1) is 28.3 Å². The number of ether oxygens (including phenoxy) is 3. The Kier molecular flexibility index (Phi) is 6.50. The Balaban J connectivity index is 1.97. The van der Waals surface area contributed by atoms with E-state index in [4.69, 9.17) is 49.0 Å². The molecule has 0 spiro atoms. The summed E-state index contributed by atoms with van der Waals surface area (Å²) in [5.74, 6) is 0.520.